The Morgan fingerprint density at radius 1 is 1.13 bits per heavy atom. The van der Waals surface area contributed by atoms with E-state index in [0.717, 1.165) is 56.3 Å². The van der Waals surface area contributed by atoms with Crippen LogP contribution in [-0.2, 0) is 22.5 Å². The Bertz CT molecular complexity index is 923. The molecule has 0 N–H and O–H groups in total. The topological polar surface area (TPSA) is 64.4 Å². The van der Waals surface area contributed by atoms with E-state index in [4.69, 9.17) is 9.72 Å². The van der Waals surface area contributed by atoms with Crippen LogP contribution in [0.25, 0.3) is 11.4 Å². The van der Waals surface area contributed by atoms with Crippen molar-refractivity contribution in [3.05, 3.63) is 41.5 Å². The molecule has 0 aliphatic carbocycles. The van der Waals surface area contributed by atoms with E-state index in [1.54, 1.807) is 24.0 Å². The maximum Gasteiger partial charge on any atom is 0.310 e. The summed E-state index contributed by atoms with van der Waals surface area (Å²) < 4.78 is 20.7. The first-order valence-corrected chi connectivity index (χ1v) is 10.9. The van der Waals surface area contributed by atoms with Crippen LogP contribution in [0.15, 0.2) is 24.3 Å². The van der Waals surface area contributed by atoms with E-state index in [0.29, 0.717) is 31.2 Å². The summed E-state index contributed by atoms with van der Waals surface area (Å²) in [4.78, 5) is 32.1. The van der Waals surface area contributed by atoms with Crippen molar-refractivity contribution in [2.75, 3.05) is 19.7 Å². The van der Waals surface area contributed by atoms with Crippen molar-refractivity contribution in [2.24, 2.45) is 5.92 Å². The maximum atomic E-state index is 13.4. The number of amides is 1. The van der Waals surface area contributed by atoms with Crippen LogP contribution < -0.4 is 0 Å². The monoisotopic (exact) mass is 413 g/mol. The number of fused-ring (bicyclic) bond motifs is 1. The normalized spacial score (nSPS) is 19.1. The van der Waals surface area contributed by atoms with Gasteiger partial charge in [0.15, 0.2) is 0 Å². The molecule has 1 aromatic carbocycles. The van der Waals surface area contributed by atoms with Gasteiger partial charge in [-0.15, -0.1) is 0 Å². The molecule has 1 fully saturated rings. The van der Waals surface area contributed by atoms with Gasteiger partial charge in [-0.1, -0.05) is 6.42 Å². The van der Waals surface area contributed by atoms with Crippen molar-refractivity contribution >= 4 is 11.9 Å². The van der Waals surface area contributed by atoms with Gasteiger partial charge in [-0.25, -0.2) is 9.37 Å². The number of benzene rings is 1. The van der Waals surface area contributed by atoms with E-state index in [1.165, 1.54) is 12.1 Å². The van der Waals surface area contributed by atoms with E-state index in [1.807, 2.05) is 0 Å². The van der Waals surface area contributed by atoms with E-state index in [9.17, 15) is 14.0 Å². The number of carbonyl (C=O) groups is 2. The highest BCUT2D eigenvalue weighted by Gasteiger charge is 2.33. The Labute approximate surface area is 176 Å². The lowest BCUT2D eigenvalue weighted by Gasteiger charge is -2.31. The van der Waals surface area contributed by atoms with Gasteiger partial charge in [-0.3, -0.25) is 9.59 Å². The molecule has 3 heterocycles. The zero-order valence-electron chi connectivity index (χ0n) is 17.4. The molecule has 1 amide bonds. The van der Waals surface area contributed by atoms with Crippen LogP contribution in [-0.4, -0.2) is 46.0 Å². The zero-order valence-corrected chi connectivity index (χ0v) is 17.4. The molecule has 0 unspecified atom stereocenters. The van der Waals surface area contributed by atoms with Crippen molar-refractivity contribution < 1.29 is 18.7 Å². The lowest BCUT2D eigenvalue weighted by molar-refractivity contribution is -0.149. The third-order valence-corrected chi connectivity index (χ3v) is 6.00. The number of nitrogens with zero attached hydrogens (tertiary/aromatic N) is 3. The number of ether oxygens (including phenoxy) is 1. The SMILES string of the molecule is CCOC(=O)[C@H]1CCCN(C(=O)c2nc(-c3ccc(F)cc3)n3c2CCCCC3)C1. The smallest absolute Gasteiger partial charge is 0.310 e. The number of likely N-dealkylation sites (tertiary alicyclic amines) is 1. The summed E-state index contributed by atoms with van der Waals surface area (Å²) in [5.41, 5.74) is 2.23. The van der Waals surface area contributed by atoms with Crippen LogP contribution in [0.4, 0.5) is 4.39 Å². The molecule has 1 atom stereocenters. The highest BCUT2D eigenvalue weighted by molar-refractivity contribution is 5.94. The molecule has 0 radical (unpaired) electrons. The molecule has 0 bridgehead atoms. The molecule has 4 rings (SSSR count). The number of hydrogen-bond acceptors (Lipinski definition) is 4. The quantitative estimate of drug-likeness (QED) is 0.715. The zero-order chi connectivity index (χ0) is 21.1. The highest BCUT2D eigenvalue weighted by atomic mass is 19.1. The van der Waals surface area contributed by atoms with E-state index >= 15 is 0 Å². The van der Waals surface area contributed by atoms with Crippen LogP contribution in [0, 0.1) is 11.7 Å². The summed E-state index contributed by atoms with van der Waals surface area (Å²) in [5.74, 6) is -0.209. The average molecular weight is 413 g/mol. The second-order valence-corrected chi connectivity index (χ2v) is 8.04. The largest absolute Gasteiger partial charge is 0.466 e. The van der Waals surface area contributed by atoms with Crippen molar-refractivity contribution in [1.82, 2.24) is 14.5 Å². The molecule has 160 valence electrons. The Kier molecular flexibility index (Phi) is 6.16. The minimum atomic E-state index is -0.295. The molecular weight excluding hydrogens is 385 g/mol. The average Bonchev–Trinajstić information content (AvgIpc) is 2.95. The van der Waals surface area contributed by atoms with Crippen LogP contribution in [0.1, 0.15) is 55.2 Å². The molecule has 1 aromatic heterocycles. The molecule has 6 nitrogen and oxygen atoms in total. The van der Waals surface area contributed by atoms with Gasteiger partial charge in [0.05, 0.1) is 18.2 Å². The first-order valence-electron chi connectivity index (χ1n) is 10.9. The van der Waals surface area contributed by atoms with Gasteiger partial charge in [0.2, 0.25) is 0 Å². The maximum absolute atomic E-state index is 13.4. The molecule has 2 aliphatic heterocycles. The fourth-order valence-electron chi connectivity index (χ4n) is 4.47. The number of rotatable bonds is 4. The molecule has 7 heteroatoms. The first-order chi connectivity index (χ1) is 14.6. The lowest BCUT2D eigenvalue weighted by atomic mass is 9.97. The second kappa shape index (κ2) is 8.98. The Balaban J connectivity index is 1.65. The Morgan fingerprint density at radius 3 is 2.70 bits per heavy atom. The molecule has 0 saturated carbocycles. The number of halogens is 1. The molecule has 2 aliphatic rings. The third-order valence-electron chi connectivity index (χ3n) is 6.00. The summed E-state index contributed by atoms with van der Waals surface area (Å²) in [6.45, 7) is 3.93. The molecular formula is C23H28FN3O3. The lowest BCUT2D eigenvalue weighted by Crippen LogP contribution is -2.43. The standard InChI is InChI=1S/C23H28FN3O3/c1-2-30-23(29)17-7-6-13-26(15-17)22(28)20-19-8-4-3-5-14-27(19)21(25-20)16-9-11-18(24)12-10-16/h9-12,17H,2-8,13-15H2,1H3/t17-/m0/s1. The fourth-order valence-corrected chi connectivity index (χ4v) is 4.47. The van der Waals surface area contributed by atoms with Gasteiger partial charge < -0.3 is 14.2 Å². The third kappa shape index (κ3) is 4.11. The van der Waals surface area contributed by atoms with Gasteiger partial charge >= 0.3 is 5.97 Å². The molecule has 30 heavy (non-hydrogen) atoms. The second-order valence-electron chi connectivity index (χ2n) is 8.04. The summed E-state index contributed by atoms with van der Waals surface area (Å²) in [6.07, 6.45) is 5.46. The van der Waals surface area contributed by atoms with Crippen molar-refractivity contribution in [2.45, 2.75) is 52.0 Å². The van der Waals surface area contributed by atoms with Crippen LogP contribution in [0.2, 0.25) is 0 Å². The van der Waals surface area contributed by atoms with Crippen molar-refractivity contribution in [1.29, 1.82) is 0 Å². The van der Waals surface area contributed by atoms with E-state index in [-0.39, 0.29) is 23.6 Å². The minimum absolute atomic E-state index is 0.122. The number of aromatic nitrogens is 2. The van der Waals surface area contributed by atoms with Gasteiger partial charge in [-0.2, -0.15) is 0 Å². The minimum Gasteiger partial charge on any atom is -0.466 e. The van der Waals surface area contributed by atoms with E-state index in [2.05, 4.69) is 4.57 Å². The van der Waals surface area contributed by atoms with Crippen LogP contribution in [0.3, 0.4) is 0 Å². The van der Waals surface area contributed by atoms with Gasteiger partial charge in [0, 0.05) is 25.2 Å². The summed E-state index contributed by atoms with van der Waals surface area (Å²) in [5, 5.41) is 0. The summed E-state index contributed by atoms with van der Waals surface area (Å²) >= 11 is 0. The van der Waals surface area contributed by atoms with E-state index < -0.39 is 0 Å². The first kappa shape index (κ1) is 20.6. The fraction of sp³-hybridized carbons (Fsp3) is 0.522. The van der Waals surface area contributed by atoms with Crippen LogP contribution in [0.5, 0.6) is 0 Å². The predicted octanol–water partition coefficient (Wildman–Crippen LogP) is 3.83. The predicted molar refractivity (Wildman–Crippen MR) is 110 cm³/mol. The van der Waals surface area contributed by atoms with Gasteiger partial charge in [-0.05, 0) is 63.3 Å². The molecule has 2 aromatic rings. The Hall–Kier alpha value is -2.70. The number of esters is 1. The summed E-state index contributed by atoms with van der Waals surface area (Å²) in [7, 11) is 0. The van der Waals surface area contributed by atoms with Crippen molar-refractivity contribution in [3.8, 4) is 11.4 Å². The molecule has 0 spiro atoms. The number of carbonyl (C=O) groups excluding carboxylic acids is 2. The Morgan fingerprint density at radius 2 is 1.93 bits per heavy atom. The van der Waals surface area contributed by atoms with Crippen LogP contribution >= 0.6 is 0 Å². The number of piperidine rings is 1. The van der Waals surface area contributed by atoms with Gasteiger partial charge in [0.1, 0.15) is 17.3 Å². The number of hydrogen-bond donors (Lipinski definition) is 0. The highest BCUT2D eigenvalue weighted by Crippen LogP contribution is 2.29. The summed E-state index contributed by atoms with van der Waals surface area (Å²) in [6, 6.07) is 6.26. The molecule has 1 saturated heterocycles. The van der Waals surface area contributed by atoms with Crippen molar-refractivity contribution in [3.63, 3.8) is 0 Å². The number of imidazole rings is 1. The van der Waals surface area contributed by atoms with Gasteiger partial charge in [0.25, 0.3) is 5.91 Å².